The lowest BCUT2D eigenvalue weighted by Gasteiger charge is -2.06. The molecule has 1 heterocycles. The van der Waals surface area contributed by atoms with Gasteiger partial charge in [0.05, 0.1) is 25.2 Å². The van der Waals surface area contributed by atoms with Gasteiger partial charge in [-0.25, -0.2) is 4.68 Å². The maximum Gasteiger partial charge on any atom is 0.157 e. The molecular weight excluding hydrogens is 230 g/mol. The van der Waals surface area contributed by atoms with Gasteiger partial charge in [-0.3, -0.25) is 0 Å². The van der Waals surface area contributed by atoms with Gasteiger partial charge in [-0.2, -0.15) is 5.10 Å². The molecule has 0 amide bonds. The van der Waals surface area contributed by atoms with Gasteiger partial charge in [-0.1, -0.05) is 6.07 Å². The van der Waals surface area contributed by atoms with E-state index >= 15 is 0 Å². The van der Waals surface area contributed by atoms with Gasteiger partial charge in [0.1, 0.15) is 12.4 Å². The summed E-state index contributed by atoms with van der Waals surface area (Å²) in [4.78, 5) is 0. The molecule has 0 saturated carbocycles. The Kier molecular flexibility index (Phi) is 3.84. The lowest BCUT2D eigenvalue weighted by molar-refractivity contribution is 0.296. The number of aromatic nitrogens is 2. The van der Waals surface area contributed by atoms with Gasteiger partial charge >= 0.3 is 0 Å². The van der Waals surface area contributed by atoms with E-state index in [0.717, 1.165) is 11.4 Å². The van der Waals surface area contributed by atoms with Gasteiger partial charge in [0.15, 0.2) is 5.75 Å². The quantitative estimate of drug-likeness (QED) is 0.871. The van der Waals surface area contributed by atoms with Crippen LogP contribution < -0.4 is 15.2 Å². The van der Waals surface area contributed by atoms with Crippen LogP contribution in [0, 0.1) is 0 Å². The molecule has 0 bridgehead atoms. The first-order valence-electron chi connectivity index (χ1n) is 5.76. The van der Waals surface area contributed by atoms with Crippen LogP contribution in [0.5, 0.6) is 11.5 Å². The van der Waals surface area contributed by atoms with E-state index < -0.39 is 0 Å². The molecule has 1 aromatic heterocycles. The fraction of sp³-hybridized carbons (Fsp3) is 0.308. The average molecular weight is 247 g/mol. The van der Waals surface area contributed by atoms with Crippen molar-refractivity contribution in [1.82, 2.24) is 9.78 Å². The van der Waals surface area contributed by atoms with E-state index in [1.807, 2.05) is 37.4 Å². The second-order valence-electron chi connectivity index (χ2n) is 4.11. The number of benzene rings is 1. The van der Waals surface area contributed by atoms with Gasteiger partial charge < -0.3 is 15.2 Å². The maximum atomic E-state index is 5.63. The van der Waals surface area contributed by atoms with Crippen LogP contribution in [0.25, 0.3) is 5.69 Å². The Morgan fingerprint density at radius 2 is 2.22 bits per heavy atom. The number of nitrogens with zero attached hydrogens (tertiary/aromatic N) is 2. The van der Waals surface area contributed by atoms with E-state index in [1.54, 1.807) is 18.0 Å². The van der Waals surface area contributed by atoms with E-state index in [1.165, 1.54) is 0 Å². The molecule has 0 aliphatic heterocycles. The Morgan fingerprint density at radius 3 is 2.94 bits per heavy atom. The lowest BCUT2D eigenvalue weighted by atomic mass is 10.3. The molecule has 5 nitrogen and oxygen atoms in total. The molecule has 0 saturated heterocycles. The first-order chi connectivity index (χ1) is 8.69. The van der Waals surface area contributed by atoms with E-state index in [9.17, 15) is 0 Å². The number of methoxy groups -OCH3 is 1. The number of hydrogen-bond acceptors (Lipinski definition) is 4. The average Bonchev–Trinajstić information content (AvgIpc) is 2.85. The van der Waals surface area contributed by atoms with Crippen molar-refractivity contribution in [3.63, 3.8) is 0 Å². The molecule has 0 aliphatic rings. The summed E-state index contributed by atoms with van der Waals surface area (Å²) in [6.07, 6.45) is 3.49. The van der Waals surface area contributed by atoms with Crippen molar-refractivity contribution in [3.8, 4) is 17.2 Å². The molecule has 96 valence electrons. The first kappa shape index (κ1) is 12.4. The Hall–Kier alpha value is -2.01. The minimum Gasteiger partial charge on any atom is -0.497 e. The third kappa shape index (κ3) is 3.01. The third-order valence-electron chi connectivity index (χ3n) is 2.39. The van der Waals surface area contributed by atoms with Crippen LogP contribution in [0.2, 0.25) is 0 Å². The van der Waals surface area contributed by atoms with E-state index in [-0.39, 0.29) is 6.04 Å². The molecule has 1 unspecified atom stereocenters. The molecule has 2 rings (SSSR count). The molecule has 2 N–H and O–H groups in total. The van der Waals surface area contributed by atoms with E-state index in [2.05, 4.69) is 5.10 Å². The fourth-order valence-electron chi connectivity index (χ4n) is 1.50. The van der Waals surface area contributed by atoms with Crippen LogP contribution in [0.1, 0.15) is 6.92 Å². The second kappa shape index (κ2) is 5.55. The zero-order valence-electron chi connectivity index (χ0n) is 10.5. The predicted octanol–water partition coefficient (Wildman–Crippen LogP) is 1.61. The van der Waals surface area contributed by atoms with Crippen molar-refractivity contribution in [2.24, 2.45) is 5.73 Å². The van der Waals surface area contributed by atoms with Gasteiger partial charge in [-0.15, -0.1) is 0 Å². The first-order valence-corrected chi connectivity index (χ1v) is 5.76. The van der Waals surface area contributed by atoms with Gasteiger partial charge in [0.2, 0.25) is 0 Å². The van der Waals surface area contributed by atoms with Crippen molar-refractivity contribution < 1.29 is 9.47 Å². The Morgan fingerprint density at radius 1 is 1.39 bits per heavy atom. The predicted molar refractivity (Wildman–Crippen MR) is 69.3 cm³/mol. The largest absolute Gasteiger partial charge is 0.497 e. The molecule has 5 heteroatoms. The number of ether oxygens (including phenoxy) is 2. The summed E-state index contributed by atoms with van der Waals surface area (Å²) in [5.74, 6) is 1.50. The second-order valence-corrected chi connectivity index (χ2v) is 4.11. The van der Waals surface area contributed by atoms with Crippen LogP contribution in [0.3, 0.4) is 0 Å². The smallest absolute Gasteiger partial charge is 0.157 e. The summed E-state index contributed by atoms with van der Waals surface area (Å²) < 4.78 is 12.4. The van der Waals surface area contributed by atoms with Crippen LogP contribution >= 0.6 is 0 Å². The normalized spacial score (nSPS) is 12.2. The van der Waals surface area contributed by atoms with E-state index in [4.69, 9.17) is 15.2 Å². The van der Waals surface area contributed by atoms with Crippen molar-refractivity contribution in [3.05, 3.63) is 36.7 Å². The standard InChI is InChI=1S/C13H17N3O2/c1-10(14)9-18-13-7-15-16(8-13)11-4-3-5-12(6-11)17-2/h3-8,10H,9,14H2,1-2H3. The number of hydrogen-bond donors (Lipinski definition) is 1. The van der Waals surface area contributed by atoms with Gasteiger partial charge in [0, 0.05) is 12.1 Å². The topological polar surface area (TPSA) is 62.3 Å². The van der Waals surface area contributed by atoms with Crippen LogP contribution in [-0.4, -0.2) is 29.5 Å². The van der Waals surface area contributed by atoms with Crippen LogP contribution in [0.15, 0.2) is 36.7 Å². The summed E-state index contributed by atoms with van der Waals surface area (Å²) in [7, 11) is 1.64. The van der Waals surface area contributed by atoms with Crippen molar-refractivity contribution >= 4 is 0 Å². The Bertz CT molecular complexity index is 508. The molecule has 1 atom stereocenters. The molecule has 0 aliphatic carbocycles. The summed E-state index contributed by atoms with van der Waals surface area (Å²) >= 11 is 0. The SMILES string of the molecule is COc1cccc(-n2cc(OCC(C)N)cn2)c1. The highest BCUT2D eigenvalue weighted by Crippen LogP contribution is 2.18. The van der Waals surface area contributed by atoms with E-state index in [0.29, 0.717) is 12.4 Å². The summed E-state index contributed by atoms with van der Waals surface area (Å²) in [6, 6.07) is 7.66. The minimum absolute atomic E-state index is 0.00479. The lowest BCUT2D eigenvalue weighted by Crippen LogP contribution is -2.23. The number of rotatable bonds is 5. The van der Waals surface area contributed by atoms with Gasteiger partial charge in [-0.05, 0) is 19.1 Å². The molecule has 0 fully saturated rings. The highest BCUT2D eigenvalue weighted by Gasteiger charge is 2.04. The van der Waals surface area contributed by atoms with Crippen molar-refractivity contribution in [2.75, 3.05) is 13.7 Å². The molecule has 0 spiro atoms. The number of nitrogens with two attached hydrogens (primary N) is 1. The zero-order valence-corrected chi connectivity index (χ0v) is 10.5. The van der Waals surface area contributed by atoms with Crippen LogP contribution in [0.4, 0.5) is 0 Å². The van der Waals surface area contributed by atoms with Crippen molar-refractivity contribution in [1.29, 1.82) is 0 Å². The maximum absolute atomic E-state index is 5.63. The molecule has 1 aromatic carbocycles. The summed E-state index contributed by atoms with van der Waals surface area (Å²) in [5.41, 5.74) is 6.55. The molecule has 18 heavy (non-hydrogen) atoms. The highest BCUT2D eigenvalue weighted by molar-refractivity contribution is 5.39. The molecule has 2 aromatic rings. The fourth-order valence-corrected chi connectivity index (χ4v) is 1.50. The monoisotopic (exact) mass is 247 g/mol. The Labute approximate surface area is 106 Å². The third-order valence-corrected chi connectivity index (χ3v) is 2.39. The Balaban J connectivity index is 2.13. The minimum atomic E-state index is 0.00479. The van der Waals surface area contributed by atoms with Crippen molar-refractivity contribution in [2.45, 2.75) is 13.0 Å². The molecule has 0 radical (unpaired) electrons. The summed E-state index contributed by atoms with van der Waals surface area (Å²) in [5, 5.41) is 4.24. The molecular formula is C13H17N3O2. The van der Waals surface area contributed by atoms with Crippen LogP contribution in [-0.2, 0) is 0 Å². The zero-order chi connectivity index (χ0) is 13.0. The summed E-state index contributed by atoms with van der Waals surface area (Å²) in [6.45, 7) is 2.37. The highest BCUT2D eigenvalue weighted by atomic mass is 16.5. The van der Waals surface area contributed by atoms with Gasteiger partial charge in [0.25, 0.3) is 0 Å².